The van der Waals surface area contributed by atoms with Crippen LogP contribution in [0.4, 0.5) is 5.69 Å². The second-order valence-electron chi connectivity index (χ2n) is 7.00. The quantitative estimate of drug-likeness (QED) is 0.287. The second kappa shape index (κ2) is 10.9. The van der Waals surface area contributed by atoms with Gasteiger partial charge in [0.1, 0.15) is 0 Å². The van der Waals surface area contributed by atoms with E-state index in [0.717, 1.165) is 56.5 Å². The van der Waals surface area contributed by atoms with Crippen molar-refractivity contribution >= 4 is 47.2 Å². The van der Waals surface area contributed by atoms with Crippen molar-refractivity contribution in [1.82, 2.24) is 20.0 Å². The Morgan fingerprint density at radius 3 is 2.64 bits per heavy atom. The van der Waals surface area contributed by atoms with Gasteiger partial charge in [0.05, 0.1) is 6.20 Å². The summed E-state index contributed by atoms with van der Waals surface area (Å²) in [5.41, 5.74) is 3.78. The number of guanidine groups is 1. The number of piperazine rings is 1. The number of aryl methyl sites for hydroxylation is 3. The van der Waals surface area contributed by atoms with Gasteiger partial charge in [-0.05, 0) is 43.0 Å². The summed E-state index contributed by atoms with van der Waals surface area (Å²) in [5.74, 6) is 0.989. The number of aliphatic imine (C=N–C) groups is 1. The van der Waals surface area contributed by atoms with E-state index in [1.165, 1.54) is 16.8 Å². The molecule has 1 aromatic carbocycles. The van der Waals surface area contributed by atoms with Crippen molar-refractivity contribution in [2.24, 2.45) is 12.0 Å². The Bertz CT molecular complexity index is 783. The first kappa shape index (κ1) is 22.8. The van der Waals surface area contributed by atoms with Crippen LogP contribution < -0.4 is 10.2 Å². The predicted octanol–water partition coefficient (Wildman–Crippen LogP) is 3.33. The van der Waals surface area contributed by atoms with Gasteiger partial charge in [-0.25, -0.2) is 0 Å². The van der Waals surface area contributed by atoms with E-state index in [1.807, 2.05) is 31.0 Å². The van der Waals surface area contributed by atoms with E-state index < -0.39 is 0 Å². The Morgan fingerprint density at radius 2 is 2.00 bits per heavy atom. The van der Waals surface area contributed by atoms with Gasteiger partial charge in [0, 0.05) is 63.7 Å². The third-order valence-corrected chi connectivity index (χ3v) is 5.22. The standard InChI is InChI=1S/C20H29ClN6.HI/c1-16-6-7-18(21)13-19(16)26-9-11-27(12-10-26)20(22-2)23-8-4-5-17-14-24-25(3)15-17;/h6-7,13-15H,4-5,8-12H2,1-3H3,(H,22,23);1H. The summed E-state index contributed by atoms with van der Waals surface area (Å²) >= 11 is 6.18. The highest BCUT2D eigenvalue weighted by Crippen LogP contribution is 2.25. The average molecular weight is 517 g/mol. The minimum Gasteiger partial charge on any atom is -0.368 e. The monoisotopic (exact) mass is 516 g/mol. The summed E-state index contributed by atoms with van der Waals surface area (Å²) in [6.45, 7) is 6.90. The van der Waals surface area contributed by atoms with E-state index in [4.69, 9.17) is 11.6 Å². The van der Waals surface area contributed by atoms with Crippen molar-refractivity contribution in [1.29, 1.82) is 0 Å². The summed E-state index contributed by atoms with van der Waals surface area (Å²) in [7, 11) is 3.81. The lowest BCUT2D eigenvalue weighted by molar-refractivity contribution is 0.372. The second-order valence-corrected chi connectivity index (χ2v) is 7.44. The van der Waals surface area contributed by atoms with Gasteiger partial charge in [0.15, 0.2) is 5.96 Å². The van der Waals surface area contributed by atoms with Crippen LogP contribution in [0.3, 0.4) is 0 Å². The van der Waals surface area contributed by atoms with Gasteiger partial charge in [-0.3, -0.25) is 9.67 Å². The van der Waals surface area contributed by atoms with Gasteiger partial charge in [0.2, 0.25) is 0 Å². The molecule has 8 heteroatoms. The first-order valence-corrected chi connectivity index (χ1v) is 9.89. The molecule has 0 radical (unpaired) electrons. The molecule has 0 atom stereocenters. The van der Waals surface area contributed by atoms with Crippen LogP contribution in [0.15, 0.2) is 35.6 Å². The molecular formula is C20H30ClIN6. The van der Waals surface area contributed by atoms with Crippen LogP contribution in [-0.4, -0.2) is 60.4 Å². The Hall–Kier alpha value is -1.48. The third kappa shape index (κ3) is 6.01. The lowest BCUT2D eigenvalue weighted by Crippen LogP contribution is -2.52. The fourth-order valence-electron chi connectivity index (χ4n) is 3.51. The zero-order valence-electron chi connectivity index (χ0n) is 16.9. The molecule has 1 N–H and O–H groups in total. The van der Waals surface area contributed by atoms with Gasteiger partial charge in [-0.1, -0.05) is 17.7 Å². The molecule has 0 saturated carbocycles. The summed E-state index contributed by atoms with van der Waals surface area (Å²) in [6.07, 6.45) is 6.10. The van der Waals surface area contributed by atoms with E-state index in [2.05, 4.69) is 50.5 Å². The van der Waals surface area contributed by atoms with E-state index in [-0.39, 0.29) is 24.0 Å². The highest BCUT2D eigenvalue weighted by atomic mass is 127. The Labute approximate surface area is 190 Å². The summed E-state index contributed by atoms with van der Waals surface area (Å²) in [5, 5.41) is 8.51. The maximum Gasteiger partial charge on any atom is 0.193 e. The van der Waals surface area contributed by atoms with E-state index in [0.29, 0.717) is 0 Å². The van der Waals surface area contributed by atoms with Crippen LogP contribution >= 0.6 is 35.6 Å². The molecule has 154 valence electrons. The van der Waals surface area contributed by atoms with Gasteiger partial charge >= 0.3 is 0 Å². The largest absolute Gasteiger partial charge is 0.368 e. The predicted molar refractivity (Wildman–Crippen MR) is 128 cm³/mol. The number of anilines is 1. The first-order chi connectivity index (χ1) is 13.1. The van der Waals surface area contributed by atoms with Crippen LogP contribution in [0.1, 0.15) is 17.5 Å². The van der Waals surface area contributed by atoms with Crippen molar-refractivity contribution in [2.75, 3.05) is 44.7 Å². The molecule has 1 aliphatic rings. The topological polar surface area (TPSA) is 48.7 Å². The lowest BCUT2D eigenvalue weighted by Gasteiger charge is -2.38. The van der Waals surface area contributed by atoms with Crippen molar-refractivity contribution in [3.05, 3.63) is 46.7 Å². The Morgan fingerprint density at radius 1 is 1.25 bits per heavy atom. The SMILES string of the molecule is CN=C(NCCCc1cnn(C)c1)N1CCN(c2cc(Cl)ccc2C)CC1.I. The molecule has 1 aromatic heterocycles. The molecule has 0 aliphatic carbocycles. The highest BCUT2D eigenvalue weighted by molar-refractivity contribution is 14.0. The number of aromatic nitrogens is 2. The lowest BCUT2D eigenvalue weighted by atomic mass is 10.1. The number of halogens is 2. The maximum atomic E-state index is 6.18. The molecule has 0 spiro atoms. The molecule has 0 unspecified atom stereocenters. The van der Waals surface area contributed by atoms with Crippen LogP contribution in [0.2, 0.25) is 5.02 Å². The number of nitrogens with one attached hydrogen (secondary N) is 1. The van der Waals surface area contributed by atoms with Gasteiger partial charge in [-0.2, -0.15) is 5.10 Å². The van der Waals surface area contributed by atoms with Gasteiger partial charge < -0.3 is 15.1 Å². The minimum absolute atomic E-state index is 0. The van der Waals surface area contributed by atoms with Crippen LogP contribution in [-0.2, 0) is 13.5 Å². The number of rotatable bonds is 5. The van der Waals surface area contributed by atoms with Crippen molar-refractivity contribution in [3.8, 4) is 0 Å². The number of nitrogens with zero attached hydrogens (tertiary/aromatic N) is 5. The highest BCUT2D eigenvalue weighted by Gasteiger charge is 2.20. The zero-order chi connectivity index (χ0) is 19.2. The summed E-state index contributed by atoms with van der Waals surface area (Å²) in [6, 6.07) is 6.11. The normalized spacial score (nSPS) is 14.8. The van der Waals surface area contributed by atoms with Crippen LogP contribution in [0.5, 0.6) is 0 Å². The smallest absolute Gasteiger partial charge is 0.193 e. The third-order valence-electron chi connectivity index (χ3n) is 4.99. The fraction of sp³-hybridized carbons (Fsp3) is 0.500. The van der Waals surface area contributed by atoms with E-state index >= 15 is 0 Å². The van der Waals surface area contributed by atoms with Crippen molar-refractivity contribution < 1.29 is 0 Å². The minimum atomic E-state index is 0. The molecule has 0 bridgehead atoms. The maximum absolute atomic E-state index is 6.18. The van der Waals surface area contributed by atoms with Crippen molar-refractivity contribution in [2.45, 2.75) is 19.8 Å². The first-order valence-electron chi connectivity index (χ1n) is 9.51. The van der Waals surface area contributed by atoms with Gasteiger partial charge in [0.25, 0.3) is 0 Å². The Balaban J connectivity index is 0.00000280. The number of hydrogen-bond acceptors (Lipinski definition) is 3. The number of hydrogen-bond donors (Lipinski definition) is 1. The van der Waals surface area contributed by atoms with Crippen LogP contribution in [0.25, 0.3) is 0 Å². The molecule has 1 fully saturated rings. The summed E-state index contributed by atoms with van der Waals surface area (Å²) in [4.78, 5) is 9.21. The number of benzene rings is 1. The molecule has 2 aromatic rings. The molecule has 28 heavy (non-hydrogen) atoms. The zero-order valence-corrected chi connectivity index (χ0v) is 19.9. The van der Waals surface area contributed by atoms with Crippen molar-refractivity contribution in [3.63, 3.8) is 0 Å². The fourth-order valence-corrected chi connectivity index (χ4v) is 3.67. The molecular weight excluding hydrogens is 487 g/mol. The van der Waals surface area contributed by atoms with E-state index in [9.17, 15) is 0 Å². The molecule has 1 aliphatic heterocycles. The molecule has 6 nitrogen and oxygen atoms in total. The van der Waals surface area contributed by atoms with Crippen LogP contribution in [0, 0.1) is 6.92 Å². The Kier molecular flexibility index (Phi) is 8.88. The molecule has 1 saturated heterocycles. The van der Waals surface area contributed by atoms with Gasteiger partial charge in [-0.15, -0.1) is 24.0 Å². The molecule has 0 amide bonds. The average Bonchev–Trinajstić information content (AvgIpc) is 3.09. The molecule has 2 heterocycles. The van der Waals surface area contributed by atoms with E-state index in [1.54, 1.807) is 0 Å². The molecule has 3 rings (SSSR count). The summed E-state index contributed by atoms with van der Waals surface area (Å²) < 4.78 is 1.85.